The minimum Gasteiger partial charge on any atom is -0.316 e. The minimum atomic E-state index is 0.888. The van der Waals surface area contributed by atoms with Gasteiger partial charge in [0.15, 0.2) is 0 Å². The van der Waals surface area contributed by atoms with E-state index in [9.17, 15) is 0 Å². The van der Waals surface area contributed by atoms with Crippen LogP contribution in [0.1, 0.15) is 11.1 Å². The first-order valence-corrected chi connectivity index (χ1v) is 7.02. The monoisotopic (exact) mass is 261 g/mol. The van der Waals surface area contributed by atoms with Crippen LogP contribution in [-0.2, 0) is 6.54 Å². The standard InChI is InChI=1S/C19H19N/c1-14-10-11-16(13-20-2)19(12-14)18-9-5-7-15-6-3-4-8-17(15)18/h3-12,20H,13H2,1-2H3. The van der Waals surface area contributed by atoms with E-state index in [1.807, 2.05) is 7.05 Å². The van der Waals surface area contributed by atoms with Crippen molar-refractivity contribution < 1.29 is 0 Å². The number of aryl methyl sites for hydroxylation is 1. The molecule has 0 aromatic heterocycles. The van der Waals surface area contributed by atoms with Crippen LogP contribution in [0.15, 0.2) is 60.7 Å². The van der Waals surface area contributed by atoms with Crippen LogP contribution in [0.3, 0.4) is 0 Å². The van der Waals surface area contributed by atoms with Crippen molar-refractivity contribution >= 4 is 10.8 Å². The molecule has 0 aliphatic heterocycles. The van der Waals surface area contributed by atoms with E-state index in [-0.39, 0.29) is 0 Å². The Balaban J connectivity index is 2.27. The van der Waals surface area contributed by atoms with Gasteiger partial charge in [-0.05, 0) is 41.4 Å². The van der Waals surface area contributed by atoms with Gasteiger partial charge in [0.25, 0.3) is 0 Å². The summed E-state index contributed by atoms with van der Waals surface area (Å²) >= 11 is 0. The van der Waals surface area contributed by atoms with Gasteiger partial charge in [-0.3, -0.25) is 0 Å². The van der Waals surface area contributed by atoms with Crippen molar-refractivity contribution in [1.29, 1.82) is 0 Å². The Morgan fingerprint density at radius 3 is 2.50 bits per heavy atom. The molecule has 0 bridgehead atoms. The molecule has 0 radical (unpaired) electrons. The topological polar surface area (TPSA) is 12.0 Å². The zero-order chi connectivity index (χ0) is 13.9. The molecule has 0 aliphatic rings. The minimum absolute atomic E-state index is 0.888. The van der Waals surface area contributed by atoms with Crippen molar-refractivity contribution in [3.63, 3.8) is 0 Å². The number of hydrogen-bond donors (Lipinski definition) is 1. The van der Waals surface area contributed by atoms with Crippen molar-refractivity contribution in [2.24, 2.45) is 0 Å². The van der Waals surface area contributed by atoms with Gasteiger partial charge in [-0.15, -0.1) is 0 Å². The Bertz CT molecular complexity index is 738. The summed E-state index contributed by atoms with van der Waals surface area (Å²) in [5.41, 5.74) is 5.29. The fourth-order valence-electron chi connectivity index (χ4n) is 2.75. The van der Waals surface area contributed by atoms with Crippen LogP contribution in [0.5, 0.6) is 0 Å². The lowest BCUT2D eigenvalue weighted by Gasteiger charge is -2.13. The molecule has 0 heterocycles. The lowest BCUT2D eigenvalue weighted by atomic mass is 9.93. The molecule has 3 aromatic rings. The van der Waals surface area contributed by atoms with E-state index >= 15 is 0 Å². The zero-order valence-corrected chi connectivity index (χ0v) is 12.0. The molecule has 0 fully saturated rings. The molecule has 0 amide bonds. The summed E-state index contributed by atoms with van der Waals surface area (Å²) in [6.07, 6.45) is 0. The van der Waals surface area contributed by atoms with Crippen molar-refractivity contribution in [2.75, 3.05) is 7.05 Å². The normalized spacial score (nSPS) is 10.9. The second-order valence-corrected chi connectivity index (χ2v) is 5.22. The van der Waals surface area contributed by atoms with Crippen LogP contribution in [0.2, 0.25) is 0 Å². The number of nitrogens with one attached hydrogen (secondary N) is 1. The first kappa shape index (κ1) is 12.9. The summed E-state index contributed by atoms with van der Waals surface area (Å²) in [4.78, 5) is 0. The van der Waals surface area contributed by atoms with Gasteiger partial charge in [0.05, 0.1) is 0 Å². The number of fused-ring (bicyclic) bond motifs is 1. The lowest BCUT2D eigenvalue weighted by molar-refractivity contribution is 0.819. The molecule has 1 N–H and O–H groups in total. The van der Waals surface area contributed by atoms with E-state index in [0.29, 0.717) is 0 Å². The summed E-state index contributed by atoms with van der Waals surface area (Å²) in [5.74, 6) is 0. The highest BCUT2D eigenvalue weighted by Gasteiger charge is 2.08. The first-order valence-electron chi connectivity index (χ1n) is 7.02. The molecule has 0 atom stereocenters. The Labute approximate surface area is 120 Å². The molecule has 0 spiro atoms. The van der Waals surface area contributed by atoms with E-state index in [2.05, 4.69) is 72.9 Å². The van der Waals surface area contributed by atoms with E-state index in [1.165, 1.54) is 33.0 Å². The van der Waals surface area contributed by atoms with Crippen molar-refractivity contribution in [3.8, 4) is 11.1 Å². The van der Waals surface area contributed by atoms with Gasteiger partial charge in [-0.25, -0.2) is 0 Å². The first-order chi connectivity index (χ1) is 9.79. The summed E-state index contributed by atoms with van der Waals surface area (Å²) in [6, 6.07) is 21.8. The fourth-order valence-corrected chi connectivity index (χ4v) is 2.75. The highest BCUT2D eigenvalue weighted by Crippen LogP contribution is 2.31. The van der Waals surface area contributed by atoms with Gasteiger partial charge in [-0.2, -0.15) is 0 Å². The van der Waals surface area contributed by atoms with Crippen LogP contribution in [0.25, 0.3) is 21.9 Å². The Kier molecular flexibility index (Phi) is 3.53. The maximum Gasteiger partial charge on any atom is 0.0208 e. The van der Waals surface area contributed by atoms with Crippen molar-refractivity contribution in [2.45, 2.75) is 13.5 Å². The summed E-state index contributed by atoms with van der Waals surface area (Å²) < 4.78 is 0. The van der Waals surface area contributed by atoms with Gasteiger partial charge in [0.1, 0.15) is 0 Å². The maximum absolute atomic E-state index is 3.26. The number of benzene rings is 3. The lowest BCUT2D eigenvalue weighted by Crippen LogP contribution is -2.06. The van der Waals surface area contributed by atoms with Crippen LogP contribution in [0.4, 0.5) is 0 Å². The van der Waals surface area contributed by atoms with E-state index < -0.39 is 0 Å². The molecule has 0 aliphatic carbocycles. The average Bonchev–Trinajstić information content (AvgIpc) is 2.49. The maximum atomic E-state index is 3.26. The molecular weight excluding hydrogens is 242 g/mol. The Morgan fingerprint density at radius 1 is 0.850 bits per heavy atom. The van der Waals surface area contributed by atoms with Crippen molar-refractivity contribution in [1.82, 2.24) is 5.32 Å². The molecular formula is C19H19N. The summed E-state index contributed by atoms with van der Waals surface area (Å²) in [6.45, 7) is 3.04. The number of rotatable bonds is 3. The van der Waals surface area contributed by atoms with Crippen LogP contribution < -0.4 is 5.32 Å². The zero-order valence-electron chi connectivity index (χ0n) is 12.0. The molecule has 0 saturated heterocycles. The smallest absolute Gasteiger partial charge is 0.0208 e. The van der Waals surface area contributed by atoms with Crippen LogP contribution in [-0.4, -0.2) is 7.05 Å². The third-order valence-electron chi connectivity index (χ3n) is 3.71. The van der Waals surface area contributed by atoms with E-state index in [1.54, 1.807) is 0 Å². The van der Waals surface area contributed by atoms with Crippen LogP contribution in [0, 0.1) is 6.92 Å². The highest BCUT2D eigenvalue weighted by molar-refractivity contribution is 5.97. The van der Waals surface area contributed by atoms with Crippen molar-refractivity contribution in [3.05, 3.63) is 71.8 Å². The fraction of sp³-hybridized carbons (Fsp3) is 0.158. The van der Waals surface area contributed by atoms with Crippen LogP contribution >= 0.6 is 0 Å². The SMILES string of the molecule is CNCc1ccc(C)cc1-c1cccc2ccccc12. The molecule has 0 unspecified atom stereocenters. The number of hydrogen-bond acceptors (Lipinski definition) is 1. The molecule has 1 heteroatoms. The van der Waals surface area contributed by atoms with Gasteiger partial charge in [0, 0.05) is 6.54 Å². The molecule has 1 nitrogen and oxygen atoms in total. The highest BCUT2D eigenvalue weighted by atomic mass is 14.8. The second kappa shape index (κ2) is 5.48. The molecule has 3 rings (SSSR count). The van der Waals surface area contributed by atoms with E-state index in [0.717, 1.165) is 6.54 Å². The quantitative estimate of drug-likeness (QED) is 0.730. The molecule has 100 valence electrons. The van der Waals surface area contributed by atoms with E-state index in [4.69, 9.17) is 0 Å². The van der Waals surface area contributed by atoms with Gasteiger partial charge >= 0.3 is 0 Å². The Morgan fingerprint density at radius 2 is 1.65 bits per heavy atom. The van der Waals surface area contributed by atoms with Gasteiger partial charge in [0.2, 0.25) is 0 Å². The molecule has 20 heavy (non-hydrogen) atoms. The van der Waals surface area contributed by atoms with Gasteiger partial charge < -0.3 is 5.32 Å². The predicted molar refractivity (Wildman–Crippen MR) is 86.9 cm³/mol. The molecule has 3 aromatic carbocycles. The summed E-state index contributed by atoms with van der Waals surface area (Å²) in [7, 11) is 1.99. The second-order valence-electron chi connectivity index (χ2n) is 5.22. The third kappa shape index (κ3) is 2.33. The third-order valence-corrected chi connectivity index (χ3v) is 3.71. The Hall–Kier alpha value is -2.12. The average molecular weight is 261 g/mol. The predicted octanol–water partition coefficient (Wildman–Crippen LogP) is 4.53. The summed E-state index contributed by atoms with van der Waals surface area (Å²) in [5, 5.41) is 5.87. The molecule has 0 saturated carbocycles. The largest absolute Gasteiger partial charge is 0.316 e. The van der Waals surface area contributed by atoms with Gasteiger partial charge in [-0.1, -0.05) is 66.2 Å².